The second-order valence-electron chi connectivity index (χ2n) is 4.91. The number of hydrogen-bond donors (Lipinski definition) is 1. The van der Waals surface area contributed by atoms with E-state index >= 15 is 0 Å². The van der Waals surface area contributed by atoms with Gasteiger partial charge in [0.05, 0.1) is 24.1 Å². The third kappa shape index (κ3) is 3.51. The lowest BCUT2D eigenvalue weighted by Gasteiger charge is -2.15. The first-order chi connectivity index (χ1) is 10.5. The standard InChI is InChI=1S/C14H17N3O5/c1-22-12-5-4-10(17(20)21)8-11(12)14(19)15-9-13(18)16-6-2-3-7-16/h4-5,8H,2-3,6-7,9H2,1H3,(H,15,19). The Morgan fingerprint density at radius 2 is 2.05 bits per heavy atom. The molecule has 1 aliphatic rings. The molecule has 1 aromatic rings. The second kappa shape index (κ2) is 6.88. The Morgan fingerprint density at radius 3 is 2.64 bits per heavy atom. The van der Waals surface area contributed by atoms with Crippen molar-refractivity contribution in [1.29, 1.82) is 0 Å². The van der Waals surface area contributed by atoms with Crippen molar-refractivity contribution < 1.29 is 19.2 Å². The molecule has 8 heteroatoms. The molecular weight excluding hydrogens is 290 g/mol. The van der Waals surface area contributed by atoms with Crippen molar-refractivity contribution >= 4 is 17.5 Å². The summed E-state index contributed by atoms with van der Waals surface area (Å²) in [5.74, 6) is -0.514. The summed E-state index contributed by atoms with van der Waals surface area (Å²) in [5, 5.41) is 13.3. The van der Waals surface area contributed by atoms with E-state index in [2.05, 4.69) is 5.32 Å². The highest BCUT2D eigenvalue weighted by Gasteiger charge is 2.21. The Morgan fingerprint density at radius 1 is 1.36 bits per heavy atom. The number of nitro benzene ring substituents is 1. The van der Waals surface area contributed by atoms with Crippen LogP contribution in [0.15, 0.2) is 18.2 Å². The maximum absolute atomic E-state index is 12.1. The van der Waals surface area contributed by atoms with Crippen molar-refractivity contribution in [2.45, 2.75) is 12.8 Å². The molecule has 0 aliphatic carbocycles. The van der Waals surface area contributed by atoms with Crippen LogP contribution in [0.4, 0.5) is 5.69 Å². The molecule has 1 heterocycles. The Balaban J connectivity index is 2.06. The summed E-state index contributed by atoms with van der Waals surface area (Å²) in [6, 6.07) is 3.74. The van der Waals surface area contributed by atoms with Crippen LogP contribution in [0.5, 0.6) is 5.75 Å². The third-order valence-electron chi connectivity index (χ3n) is 3.50. The molecule has 1 fully saturated rings. The van der Waals surface area contributed by atoms with Gasteiger partial charge in [0.25, 0.3) is 11.6 Å². The van der Waals surface area contributed by atoms with Gasteiger partial charge in [0.2, 0.25) is 5.91 Å². The zero-order valence-corrected chi connectivity index (χ0v) is 12.2. The fourth-order valence-electron chi connectivity index (χ4n) is 2.32. The molecule has 0 aromatic heterocycles. The van der Waals surface area contributed by atoms with Gasteiger partial charge < -0.3 is 15.0 Å². The number of methoxy groups -OCH3 is 1. The fourth-order valence-corrected chi connectivity index (χ4v) is 2.32. The van der Waals surface area contributed by atoms with E-state index in [4.69, 9.17) is 4.74 Å². The number of ether oxygens (including phenoxy) is 1. The van der Waals surface area contributed by atoms with Gasteiger partial charge in [-0.1, -0.05) is 0 Å². The van der Waals surface area contributed by atoms with Crippen molar-refractivity contribution in [3.8, 4) is 5.75 Å². The largest absolute Gasteiger partial charge is 0.496 e. The number of likely N-dealkylation sites (tertiary alicyclic amines) is 1. The quantitative estimate of drug-likeness (QED) is 0.644. The molecule has 2 amide bonds. The fraction of sp³-hybridized carbons (Fsp3) is 0.429. The molecule has 0 spiro atoms. The van der Waals surface area contributed by atoms with Crippen molar-refractivity contribution in [3.05, 3.63) is 33.9 Å². The molecule has 0 atom stereocenters. The van der Waals surface area contributed by atoms with E-state index in [0.717, 1.165) is 18.9 Å². The number of non-ortho nitro benzene ring substituents is 1. The number of nitrogens with one attached hydrogen (secondary N) is 1. The zero-order valence-electron chi connectivity index (χ0n) is 12.2. The van der Waals surface area contributed by atoms with Gasteiger partial charge in [-0.2, -0.15) is 0 Å². The summed E-state index contributed by atoms with van der Waals surface area (Å²) < 4.78 is 5.03. The Labute approximate surface area is 127 Å². The molecule has 0 radical (unpaired) electrons. The highest BCUT2D eigenvalue weighted by Crippen LogP contribution is 2.23. The monoisotopic (exact) mass is 307 g/mol. The van der Waals surface area contributed by atoms with Gasteiger partial charge in [0.1, 0.15) is 5.75 Å². The van der Waals surface area contributed by atoms with Crippen LogP contribution in [0.3, 0.4) is 0 Å². The lowest BCUT2D eigenvalue weighted by atomic mass is 10.1. The van der Waals surface area contributed by atoms with E-state index in [1.807, 2.05) is 0 Å². The van der Waals surface area contributed by atoms with Crippen LogP contribution in [-0.4, -0.2) is 48.4 Å². The van der Waals surface area contributed by atoms with Crippen LogP contribution in [0.1, 0.15) is 23.2 Å². The van der Waals surface area contributed by atoms with Crippen molar-refractivity contribution in [2.75, 3.05) is 26.7 Å². The van der Waals surface area contributed by atoms with Gasteiger partial charge in [0.15, 0.2) is 0 Å². The van der Waals surface area contributed by atoms with Crippen LogP contribution < -0.4 is 10.1 Å². The first-order valence-corrected chi connectivity index (χ1v) is 6.91. The van der Waals surface area contributed by atoms with Gasteiger partial charge in [0, 0.05) is 25.2 Å². The Hall–Kier alpha value is -2.64. The average Bonchev–Trinajstić information content (AvgIpc) is 3.06. The number of nitrogens with zero attached hydrogens (tertiary/aromatic N) is 2. The van der Waals surface area contributed by atoms with Crippen LogP contribution in [0.25, 0.3) is 0 Å². The maximum Gasteiger partial charge on any atom is 0.270 e. The molecule has 8 nitrogen and oxygen atoms in total. The molecule has 1 N–H and O–H groups in total. The second-order valence-corrected chi connectivity index (χ2v) is 4.91. The van der Waals surface area contributed by atoms with E-state index < -0.39 is 10.8 Å². The summed E-state index contributed by atoms with van der Waals surface area (Å²) in [5.41, 5.74) is -0.178. The van der Waals surface area contributed by atoms with Gasteiger partial charge in [-0.15, -0.1) is 0 Å². The number of carbonyl (C=O) groups is 2. The summed E-state index contributed by atoms with van der Waals surface area (Å²) in [6.45, 7) is 1.27. The molecule has 1 aromatic carbocycles. The van der Waals surface area contributed by atoms with E-state index in [-0.39, 0.29) is 29.5 Å². The molecule has 1 aliphatic heterocycles. The summed E-state index contributed by atoms with van der Waals surface area (Å²) in [4.78, 5) is 35.9. The Bertz CT molecular complexity index is 596. The SMILES string of the molecule is COc1ccc([N+](=O)[O-])cc1C(=O)NCC(=O)N1CCCC1. The number of amides is 2. The predicted molar refractivity (Wildman–Crippen MR) is 77.8 cm³/mol. The molecule has 118 valence electrons. The molecular formula is C14H17N3O5. The van der Waals surface area contributed by atoms with Crippen LogP contribution in [-0.2, 0) is 4.79 Å². The van der Waals surface area contributed by atoms with Gasteiger partial charge in [-0.25, -0.2) is 0 Å². The molecule has 1 saturated heterocycles. The van der Waals surface area contributed by atoms with Crippen molar-refractivity contribution in [2.24, 2.45) is 0 Å². The minimum Gasteiger partial charge on any atom is -0.496 e. The van der Waals surface area contributed by atoms with E-state index in [1.54, 1.807) is 4.90 Å². The van der Waals surface area contributed by atoms with Gasteiger partial charge in [-0.05, 0) is 18.9 Å². The smallest absolute Gasteiger partial charge is 0.270 e. The zero-order chi connectivity index (χ0) is 16.1. The number of benzene rings is 1. The van der Waals surface area contributed by atoms with Crippen LogP contribution in [0.2, 0.25) is 0 Å². The van der Waals surface area contributed by atoms with E-state index in [1.165, 1.54) is 19.2 Å². The van der Waals surface area contributed by atoms with Gasteiger partial charge in [-0.3, -0.25) is 19.7 Å². The highest BCUT2D eigenvalue weighted by molar-refractivity contribution is 5.99. The molecule has 2 rings (SSSR count). The molecule has 22 heavy (non-hydrogen) atoms. The number of rotatable bonds is 5. The van der Waals surface area contributed by atoms with Gasteiger partial charge >= 0.3 is 0 Å². The summed E-state index contributed by atoms with van der Waals surface area (Å²) >= 11 is 0. The third-order valence-corrected chi connectivity index (χ3v) is 3.50. The lowest BCUT2D eigenvalue weighted by molar-refractivity contribution is -0.384. The predicted octanol–water partition coefficient (Wildman–Crippen LogP) is 0.956. The minimum atomic E-state index is -0.592. The van der Waals surface area contributed by atoms with Crippen LogP contribution >= 0.6 is 0 Å². The maximum atomic E-state index is 12.1. The average molecular weight is 307 g/mol. The number of nitro groups is 1. The van der Waals surface area contributed by atoms with E-state index in [9.17, 15) is 19.7 Å². The summed E-state index contributed by atoms with van der Waals surface area (Å²) in [6.07, 6.45) is 1.94. The first-order valence-electron chi connectivity index (χ1n) is 6.91. The minimum absolute atomic E-state index is 0.0333. The lowest BCUT2D eigenvalue weighted by Crippen LogP contribution is -2.38. The topological polar surface area (TPSA) is 102 Å². The molecule has 0 bridgehead atoms. The van der Waals surface area contributed by atoms with E-state index in [0.29, 0.717) is 13.1 Å². The normalized spacial score (nSPS) is 13.8. The summed E-state index contributed by atoms with van der Waals surface area (Å²) in [7, 11) is 1.37. The Kier molecular flexibility index (Phi) is 4.92. The molecule has 0 saturated carbocycles. The number of carbonyl (C=O) groups excluding carboxylic acids is 2. The highest BCUT2D eigenvalue weighted by atomic mass is 16.6. The first kappa shape index (κ1) is 15.7. The molecule has 0 unspecified atom stereocenters. The van der Waals surface area contributed by atoms with Crippen molar-refractivity contribution in [3.63, 3.8) is 0 Å². The number of hydrogen-bond acceptors (Lipinski definition) is 5. The van der Waals surface area contributed by atoms with Crippen LogP contribution in [0, 0.1) is 10.1 Å². The van der Waals surface area contributed by atoms with Crippen molar-refractivity contribution in [1.82, 2.24) is 10.2 Å².